The van der Waals surface area contributed by atoms with Crippen LogP contribution in [0.1, 0.15) is 137 Å². The van der Waals surface area contributed by atoms with Gasteiger partial charge in [0.25, 0.3) is 11.8 Å². The van der Waals surface area contributed by atoms with Gasteiger partial charge in [-0.25, -0.2) is 14.0 Å². The Morgan fingerprint density at radius 1 is 0.919 bits per heavy atom. The summed E-state index contributed by atoms with van der Waals surface area (Å²) in [5.74, 6) is -6.45. The highest BCUT2D eigenvalue weighted by atomic mass is 19.1. The van der Waals surface area contributed by atoms with E-state index in [0.717, 1.165) is 50.7 Å². The van der Waals surface area contributed by atoms with Gasteiger partial charge in [0, 0.05) is 61.4 Å². The van der Waals surface area contributed by atoms with Crippen molar-refractivity contribution in [3.05, 3.63) is 51.2 Å². The van der Waals surface area contributed by atoms with Crippen molar-refractivity contribution >= 4 is 46.9 Å². The molecule has 2 fully saturated rings. The van der Waals surface area contributed by atoms with E-state index in [1.54, 1.807) is 20.8 Å². The van der Waals surface area contributed by atoms with Gasteiger partial charge in [0.2, 0.25) is 0 Å². The fraction of sp³-hybridized carbons (Fsp3) is 0.712. The van der Waals surface area contributed by atoms with Crippen LogP contribution in [0, 0.1) is 41.3 Å². The molecule has 1 spiro atoms. The van der Waals surface area contributed by atoms with Crippen molar-refractivity contribution in [2.45, 2.75) is 175 Å². The molecule has 3 aliphatic heterocycles. The number of oxime groups is 1. The standard InChI is InChI=1S/C52H77FN6O15/c1-27(2)46(71-44(65)25-40(62)45-33(8)50(67)72-51(45)68)48(69-10)41(63)24-39(61)32(7)38(60)15-11-30(5)47-31(6)18-20-52(74-47)19-17-29(4)42(73-52)16-12-28(3)34(9)58-70-26-43(64)55-21-22-56-49(66)35-13-14-36(53)37(23-35)57-59-54/h13-14,23,27-32,38,40-42,46-48,60,62-63H,11-12,15-22,24-26H2,1-10H3,(H,55,64)(H,56,66)/b58-34+/t28-,29+,30+,31-,32-,38-,40+,41+,42-,46+,47-,48+,52+/m0/s1. The molecule has 2 amide bonds. The van der Waals surface area contributed by atoms with Crippen molar-refractivity contribution in [1.82, 2.24) is 10.6 Å². The second-order valence-corrected chi connectivity index (χ2v) is 20.6. The lowest BCUT2D eigenvalue weighted by molar-refractivity contribution is -0.338. The molecule has 5 N–H and O–H groups in total. The molecule has 0 unspecified atom stereocenters. The highest BCUT2D eigenvalue weighted by Crippen LogP contribution is 2.46. The second kappa shape index (κ2) is 28.5. The lowest BCUT2D eigenvalue weighted by atomic mass is 9.79. The Bertz CT molecular complexity index is 2250. The minimum absolute atomic E-state index is 0.0137. The average molecular weight is 1050 g/mol. The lowest BCUT2D eigenvalue weighted by Gasteiger charge is -2.51. The molecule has 1 aromatic rings. The van der Waals surface area contributed by atoms with E-state index in [2.05, 4.69) is 51.3 Å². The number of rotatable bonds is 28. The third-order valence-electron chi connectivity index (χ3n) is 14.7. The largest absolute Gasteiger partial charge is 0.459 e. The first-order valence-electron chi connectivity index (χ1n) is 25.6. The second-order valence-electron chi connectivity index (χ2n) is 20.6. The Morgan fingerprint density at radius 2 is 1.59 bits per heavy atom. The summed E-state index contributed by atoms with van der Waals surface area (Å²) in [6.07, 6.45) is -1.91. The quantitative estimate of drug-likeness (QED) is 0.00910. The number of nitrogens with zero attached hydrogens (tertiary/aromatic N) is 4. The van der Waals surface area contributed by atoms with E-state index in [9.17, 15) is 48.5 Å². The number of methoxy groups -OCH3 is 1. The number of hydrogen-bond acceptors (Lipinski definition) is 17. The molecule has 0 bridgehead atoms. The zero-order chi connectivity index (χ0) is 55.0. The molecule has 2 saturated heterocycles. The molecule has 21 nitrogen and oxygen atoms in total. The van der Waals surface area contributed by atoms with E-state index in [-0.39, 0.29) is 72.1 Å². The number of benzene rings is 1. The number of halogens is 1. The minimum Gasteiger partial charge on any atom is -0.459 e. The van der Waals surface area contributed by atoms with Gasteiger partial charge < -0.3 is 54.5 Å². The van der Waals surface area contributed by atoms with E-state index in [1.165, 1.54) is 20.1 Å². The lowest BCUT2D eigenvalue weighted by Crippen LogP contribution is -2.53. The Hall–Kier alpha value is -5.35. The van der Waals surface area contributed by atoms with E-state index in [0.29, 0.717) is 24.5 Å². The molecule has 74 heavy (non-hydrogen) atoms. The van der Waals surface area contributed by atoms with Crippen LogP contribution in [-0.2, 0) is 52.5 Å². The summed E-state index contributed by atoms with van der Waals surface area (Å²) in [6.45, 7) is 16.5. The summed E-state index contributed by atoms with van der Waals surface area (Å²) in [6, 6.07) is 3.41. The van der Waals surface area contributed by atoms with Crippen LogP contribution in [0.4, 0.5) is 10.1 Å². The monoisotopic (exact) mass is 1040 g/mol. The molecule has 0 radical (unpaired) electrons. The van der Waals surface area contributed by atoms with E-state index >= 15 is 0 Å². The molecule has 3 heterocycles. The molecule has 1 aromatic carbocycles. The zero-order valence-electron chi connectivity index (χ0n) is 44.3. The maximum Gasteiger partial charge on any atom is 0.345 e. The van der Waals surface area contributed by atoms with Crippen molar-refractivity contribution in [3.8, 4) is 0 Å². The number of aliphatic hydroxyl groups is 3. The highest BCUT2D eigenvalue weighted by molar-refractivity contribution is 6.12. The Kier molecular flexibility index (Phi) is 23.6. The highest BCUT2D eigenvalue weighted by Gasteiger charge is 2.48. The summed E-state index contributed by atoms with van der Waals surface area (Å²) in [7, 11) is 1.30. The van der Waals surface area contributed by atoms with Crippen molar-refractivity contribution in [2.24, 2.45) is 45.8 Å². The van der Waals surface area contributed by atoms with Crippen LogP contribution in [0.5, 0.6) is 0 Å². The molecule has 3 aliphatic rings. The first-order chi connectivity index (χ1) is 34.9. The van der Waals surface area contributed by atoms with Gasteiger partial charge in [-0.2, -0.15) is 0 Å². The number of ketones is 1. The number of nitrogens with one attached hydrogen (secondary N) is 2. The number of Topliss-reactive ketones (excluding diaryl/α,β-unsaturated/α-hetero) is 1. The van der Waals surface area contributed by atoms with E-state index in [4.69, 9.17) is 29.3 Å². The number of amides is 2. The number of hydrogen-bond donors (Lipinski definition) is 5. The number of aliphatic hydroxyl groups excluding tert-OH is 3. The Morgan fingerprint density at radius 3 is 2.23 bits per heavy atom. The molecule has 0 aliphatic carbocycles. The maximum atomic E-state index is 13.7. The van der Waals surface area contributed by atoms with Crippen molar-refractivity contribution in [3.63, 3.8) is 0 Å². The van der Waals surface area contributed by atoms with Crippen LogP contribution in [0.15, 0.2) is 39.6 Å². The Balaban J connectivity index is 1.20. The van der Waals surface area contributed by atoms with Gasteiger partial charge in [-0.05, 0) is 106 Å². The van der Waals surface area contributed by atoms with E-state index in [1.807, 2.05) is 13.8 Å². The molecule has 412 valence electrons. The van der Waals surface area contributed by atoms with Gasteiger partial charge in [0.1, 0.15) is 23.8 Å². The molecule has 0 aromatic heterocycles. The molecule has 0 saturated carbocycles. The predicted octanol–water partition coefficient (Wildman–Crippen LogP) is 6.22. The van der Waals surface area contributed by atoms with Gasteiger partial charge in [0.05, 0.1) is 53.9 Å². The van der Waals surface area contributed by atoms with Crippen LogP contribution in [-0.4, -0.2) is 132 Å². The Labute approximate surface area is 432 Å². The van der Waals surface area contributed by atoms with Crippen molar-refractivity contribution in [2.75, 3.05) is 26.8 Å². The molecule has 4 rings (SSSR count). The van der Waals surface area contributed by atoms with Crippen LogP contribution in [0.2, 0.25) is 0 Å². The number of carbonyl (C=O) groups excluding carboxylic acids is 6. The minimum atomic E-state index is -1.66. The number of ether oxygens (including phenoxy) is 5. The van der Waals surface area contributed by atoms with Crippen molar-refractivity contribution in [1.29, 1.82) is 0 Å². The van der Waals surface area contributed by atoms with Gasteiger partial charge in [-0.1, -0.05) is 58.7 Å². The third-order valence-corrected chi connectivity index (χ3v) is 14.7. The summed E-state index contributed by atoms with van der Waals surface area (Å²) < 4.78 is 43.1. The van der Waals surface area contributed by atoms with Crippen LogP contribution < -0.4 is 10.6 Å². The summed E-state index contributed by atoms with van der Waals surface area (Å²) >= 11 is 0. The predicted molar refractivity (Wildman–Crippen MR) is 266 cm³/mol. The molecule has 13 atom stereocenters. The average Bonchev–Trinajstić information content (AvgIpc) is 3.62. The smallest absolute Gasteiger partial charge is 0.345 e. The first-order valence-corrected chi connectivity index (χ1v) is 25.6. The number of carbonyl (C=O) groups is 6. The maximum absolute atomic E-state index is 13.7. The zero-order valence-corrected chi connectivity index (χ0v) is 44.3. The van der Waals surface area contributed by atoms with Gasteiger partial charge >= 0.3 is 17.9 Å². The van der Waals surface area contributed by atoms with Gasteiger partial charge in [-0.3, -0.25) is 19.2 Å². The number of cyclic esters (lactones) is 2. The van der Waals surface area contributed by atoms with Crippen molar-refractivity contribution < 1.29 is 77.0 Å². The van der Waals surface area contributed by atoms with Crippen LogP contribution >= 0.6 is 0 Å². The normalized spacial score (nSPS) is 24.4. The van der Waals surface area contributed by atoms with E-state index < -0.39 is 102 Å². The number of esters is 3. The SMILES string of the molecule is CO[C@H]([C@H](O)CC(=O)[C@@H](C)[C@@H](O)CC[C@@H](C)[C@@H]1O[C@]2(CC[C@@H](C)[C@H](CC[C@H](C)/C(C)=N/OCC(=O)NCCNC(=O)c3ccc(F)c(N=[N+]=[N-])c3)O2)CC[C@@H]1C)[C@H](OC(=O)C[C@@H](O)C1=C(C)C(=O)OC1=O)C(C)C. The third kappa shape index (κ3) is 17.1. The summed E-state index contributed by atoms with van der Waals surface area (Å²) in [5, 5.41) is 45.7. The van der Waals surface area contributed by atoms with Gasteiger partial charge in [0.15, 0.2) is 12.4 Å². The summed E-state index contributed by atoms with van der Waals surface area (Å²) in [5.41, 5.74) is 8.65. The summed E-state index contributed by atoms with van der Waals surface area (Å²) in [4.78, 5) is 82.8. The van der Waals surface area contributed by atoms with Gasteiger partial charge in [-0.15, -0.1) is 0 Å². The first kappa shape index (κ1) is 61.2. The fourth-order valence-corrected chi connectivity index (χ4v) is 9.61. The topological polar surface area (TPSA) is 304 Å². The van der Waals surface area contributed by atoms with Crippen LogP contribution in [0.3, 0.4) is 0 Å². The fourth-order valence-electron chi connectivity index (χ4n) is 9.61. The molecular weight excluding hydrogens is 968 g/mol. The molecular formula is C52H77FN6O15. The number of azide groups is 1. The van der Waals surface area contributed by atoms with Crippen LogP contribution in [0.25, 0.3) is 10.4 Å². The molecule has 22 heteroatoms.